The van der Waals surface area contributed by atoms with Gasteiger partial charge in [0.05, 0.1) is 29.5 Å². The first-order valence-electron chi connectivity index (χ1n) is 13.1. The molecule has 190 valence electrons. The number of cyclic esters (lactones) is 1. The van der Waals surface area contributed by atoms with Crippen LogP contribution in [0.2, 0.25) is 0 Å². The molecule has 1 aliphatic heterocycles. The predicted molar refractivity (Wildman–Crippen MR) is 127 cm³/mol. The Hall–Kier alpha value is -1.28. The summed E-state index contributed by atoms with van der Waals surface area (Å²) in [5, 5.41) is 44.7. The fourth-order valence-electron chi connectivity index (χ4n) is 8.69. The van der Waals surface area contributed by atoms with E-state index in [2.05, 4.69) is 6.92 Å². The number of hydrogen-bond donors (Lipinski definition) is 4. The van der Waals surface area contributed by atoms with E-state index < -0.39 is 28.3 Å². The molecule has 4 N–H and O–H groups in total. The molecule has 0 spiro atoms. The van der Waals surface area contributed by atoms with Crippen molar-refractivity contribution in [2.24, 2.45) is 33.6 Å². The average Bonchev–Trinajstić information content (AvgIpc) is 3.32. The summed E-state index contributed by atoms with van der Waals surface area (Å²) >= 11 is 0. The van der Waals surface area contributed by atoms with Gasteiger partial charge in [0, 0.05) is 29.5 Å². The fourth-order valence-corrected chi connectivity index (χ4v) is 8.69. The summed E-state index contributed by atoms with van der Waals surface area (Å²) in [4.78, 5) is 16.6. The molecule has 34 heavy (non-hydrogen) atoms. The molecule has 0 unspecified atom stereocenters. The van der Waals surface area contributed by atoms with Gasteiger partial charge in [-0.25, -0.2) is 4.79 Å². The minimum absolute atomic E-state index is 0.00841. The number of aliphatic imine (C=N–C) groups is 1. The summed E-state index contributed by atoms with van der Waals surface area (Å²) in [6, 6.07) is 0. The van der Waals surface area contributed by atoms with Gasteiger partial charge < -0.3 is 25.2 Å². The standard InChI is InChI=1S/C27H41NO6/c1-23(2,16-29)28-15-25-9-4-18(30)13-26(25,32)10-6-21-20(25)5-8-24(3)19(7-11-27(21,24)33)17-12-22(31)34-14-17/h12,15,18-21,29-30,32-33H,4-11,13-14,16H2,1-3H3/t18-,19+,20-,21+,24+,25-,26-,27-/m0/s1. The third kappa shape index (κ3) is 3.30. The van der Waals surface area contributed by atoms with Crippen LogP contribution in [0.15, 0.2) is 16.6 Å². The number of rotatable bonds is 4. The second-order valence-corrected chi connectivity index (χ2v) is 12.7. The van der Waals surface area contributed by atoms with Crippen LogP contribution in [0.25, 0.3) is 0 Å². The summed E-state index contributed by atoms with van der Waals surface area (Å²) in [6.07, 6.45) is 8.95. The Bertz CT molecular complexity index is 915. The molecule has 0 amide bonds. The van der Waals surface area contributed by atoms with E-state index in [4.69, 9.17) is 9.73 Å². The van der Waals surface area contributed by atoms with Crippen molar-refractivity contribution in [2.75, 3.05) is 13.2 Å². The zero-order valence-electron chi connectivity index (χ0n) is 20.8. The molecule has 8 atom stereocenters. The van der Waals surface area contributed by atoms with Crippen LogP contribution in [0.4, 0.5) is 0 Å². The van der Waals surface area contributed by atoms with E-state index >= 15 is 0 Å². The van der Waals surface area contributed by atoms with Gasteiger partial charge in [-0.3, -0.25) is 4.99 Å². The summed E-state index contributed by atoms with van der Waals surface area (Å²) < 4.78 is 5.22. The third-order valence-electron chi connectivity index (χ3n) is 10.7. The molecular weight excluding hydrogens is 434 g/mol. The molecule has 0 aromatic heterocycles. The van der Waals surface area contributed by atoms with Crippen molar-refractivity contribution in [3.63, 3.8) is 0 Å². The Kier molecular flexibility index (Phi) is 5.64. The SMILES string of the molecule is CC(C)(CO)N=C[C@]12CC[C@H](O)C[C@@]1(O)CC[C@@H]1[C@@H]2CC[C@]2(C)[C@@H](C3=CC(=O)OC3)CC[C@]12O. The number of aliphatic hydroxyl groups is 4. The topological polar surface area (TPSA) is 120 Å². The van der Waals surface area contributed by atoms with E-state index in [1.165, 1.54) is 0 Å². The van der Waals surface area contributed by atoms with E-state index in [-0.39, 0.29) is 35.7 Å². The van der Waals surface area contributed by atoms with E-state index in [1.54, 1.807) is 6.08 Å². The molecule has 4 saturated carbocycles. The first kappa shape index (κ1) is 24.4. The van der Waals surface area contributed by atoms with E-state index in [9.17, 15) is 25.2 Å². The third-order valence-corrected chi connectivity index (χ3v) is 10.7. The van der Waals surface area contributed by atoms with Gasteiger partial charge in [-0.05, 0) is 88.5 Å². The molecule has 5 rings (SSSR count). The van der Waals surface area contributed by atoms with Crippen LogP contribution in [0.3, 0.4) is 0 Å². The monoisotopic (exact) mass is 475 g/mol. The summed E-state index contributed by atoms with van der Waals surface area (Å²) in [6.45, 7) is 6.18. The predicted octanol–water partition coefficient (Wildman–Crippen LogP) is 2.54. The van der Waals surface area contributed by atoms with Gasteiger partial charge in [0.1, 0.15) is 6.61 Å². The molecule has 4 aliphatic carbocycles. The Balaban J connectivity index is 1.54. The number of hydrogen-bond acceptors (Lipinski definition) is 7. The minimum atomic E-state index is -1.07. The number of fused-ring (bicyclic) bond motifs is 5. The summed E-state index contributed by atoms with van der Waals surface area (Å²) in [7, 11) is 0. The minimum Gasteiger partial charge on any atom is -0.458 e. The van der Waals surface area contributed by atoms with Gasteiger partial charge in [-0.1, -0.05) is 6.92 Å². The van der Waals surface area contributed by atoms with Crippen LogP contribution in [0, 0.1) is 28.6 Å². The number of carbonyl (C=O) groups is 1. The summed E-state index contributed by atoms with van der Waals surface area (Å²) in [5.74, 6) is -0.108. The molecule has 4 fully saturated rings. The van der Waals surface area contributed by atoms with Crippen LogP contribution < -0.4 is 0 Å². The molecular formula is C27H41NO6. The highest BCUT2D eigenvalue weighted by molar-refractivity contribution is 5.85. The zero-order chi connectivity index (χ0) is 24.6. The maximum Gasteiger partial charge on any atom is 0.331 e. The van der Waals surface area contributed by atoms with Gasteiger partial charge in [-0.15, -0.1) is 0 Å². The zero-order valence-corrected chi connectivity index (χ0v) is 20.8. The number of ether oxygens (including phenoxy) is 1. The first-order chi connectivity index (χ1) is 15.9. The van der Waals surface area contributed by atoms with Gasteiger partial charge in [0.15, 0.2) is 0 Å². The second kappa shape index (κ2) is 7.86. The highest BCUT2D eigenvalue weighted by atomic mass is 16.5. The van der Waals surface area contributed by atoms with Crippen LogP contribution in [-0.4, -0.2) is 68.7 Å². The Morgan fingerprint density at radius 1 is 1.12 bits per heavy atom. The van der Waals surface area contributed by atoms with Crippen molar-refractivity contribution < 1.29 is 30.0 Å². The number of aliphatic hydroxyl groups excluding tert-OH is 2. The largest absolute Gasteiger partial charge is 0.458 e. The molecule has 0 saturated heterocycles. The van der Waals surface area contributed by atoms with E-state index in [0.717, 1.165) is 24.8 Å². The molecule has 7 heteroatoms. The lowest BCUT2D eigenvalue weighted by atomic mass is 9.41. The lowest BCUT2D eigenvalue weighted by molar-refractivity contribution is -0.237. The Morgan fingerprint density at radius 2 is 1.85 bits per heavy atom. The number of nitrogens with zero attached hydrogens (tertiary/aromatic N) is 1. The Morgan fingerprint density at radius 3 is 2.53 bits per heavy atom. The highest BCUT2D eigenvalue weighted by Crippen LogP contribution is 2.70. The smallest absolute Gasteiger partial charge is 0.331 e. The van der Waals surface area contributed by atoms with Crippen molar-refractivity contribution in [3.05, 3.63) is 11.6 Å². The fraction of sp³-hybridized carbons (Fsp3) is 0.852. The molecule has 5 aliphatic rings. The lowest BCUT2D eigenvalue weighted by Crippen LogP contribution is -2.69. The molecule has 0 bridgehead atoms. The van der Waals surface area contributed by atoms with Crippen LogP contribution in [-0.2, 0) is 9.53 Å². The average molecular weight is 476 g/mol. The van der Waals surface area contributed by atoms with Crippen molar-refractivity contribution in [3.8, 4) is 0 Å². The number of carbonyl (C=O) groups excluding carboxylic acids is 1. The van der Waals surface area contributed by atoms with Crippen LogP contribution in [0.5, 0.6) is 0 Å². The van der Waals surface area contributed by atoms with Gasteiger partial charge in [-0.2, -0.15) is 0 Å². The van der Waals surface area contributed by atoms with Gasteiger partial charge >= 0.3 is 5.97 Å². The number of esters is 1. The van der Waals surface area contributed by atoms with Crippen LogP contribution >= 0.6 is 0 Å². The maximum atomic E-state index is 12.4. The Labute approximate surface area is 202 Å². The molecule has 0 radical (unpaired) electrons. The lowest BCUT2D eigenvalue weighted by Gasteiger charge is -2.65. The highest BCUT2D eigenvalue weighted by Gasteiger charge is 2.71. The van der Waals surface area contributed by atoms with Crippen LogP contribution in [0.1, 0.15) is 78.6 Å². The molecule has 0 aromatic carbocycles. The quantitative estimate of drug-likeness (QED) is 0.366. The first-order valence-corrected chi connectivity index (χ1v) is 13.1. The maximum absolute atomic E-state index is 12.4. The molecule has 7 nitrogen and oxygen atoms in total. The van der Waals surface area contributed by atoms with Crippen molar-refractivity contribution in [1.82, 2.24) is 0 Å². The van der Waals surface area contributed by atoms with Crippen molar-refractivity contribution in [2.45, 2.75) is 101 Å². The van der Waals surface area contributed by atoms with E-state index in [0.29, 0.717) is 45.1 Å². The molecule has 0 aromatic rings. The van der Waals surface area contributed by atoms with Gasteiger partial charge in [0.25, 0.3) is 0 Å². The van der Waals surface area contributed by atoms with Crippen molar-refractivity contribution >= 4 is 12.2 Å². The van der Waals surface area contributed by atoms with Gasteiger partial charge in [0.2, 0.25) is 0 Å². The van der Waals surface area contributed by atoms with Crippen molar-refractivity contribution in [1.29, 1.82) is 0 Å². The second-order valence-electron chi connectivity index (χ2n) is 12.7. The molecule has 1 heterocycles. The van der Waals surface area contributed by atoms with E-state index in [1.807, 2.05) is 20.1 Å². The normalized spacial score (nSPS) is 48.8. The summed E-state index contributed by atoms with van der Waals surface area (Å²) in [5.41, 5.74) is -2.59.